The van der Waals surface area contributed by atoms with Crippen LogP contribution in [0.4, 0.5) is 4.39 Å². The molecule has 0 aliphatic rings. The number of amides is 1. The maximum absolute atomic E-state index is 13.1. The Morgan fingerprint density at radius 2 is 1.88 bits per heavy atom. The lowest BCUT2D eigenvalue weighted by Gasteiger charge is -2.04. The van der Waals surface area contributed by atoms with Crippen molar-refractivity contribution in [2.24, 2.45) is 0 Å². The molecule has 0 aliphatic carbocycles. The fourth-order valence-electron chi connectivity index (χ4n) is 2.29. The highest BCUT2D eigenvalue weighted by Crippen LogP contribution is 2.18. The number of furan rings is 1. The van der Waals surface area contributed by atoms with E-state index in [-0.39, 0.29) is 23.9 Å². The summed E-state index contributed by atoms with van der Waals surface area (Å²) in [6.07, 6.45) is 0. The number of hydrogen-bond donors (Lipinski definition) is 1. The molecule has 0 fully saturated rings. The molecule has 1 N–H and O–H groups in total. The Bertz CT molecular complexity index is 940. The second kappa shape index (κ2) is 8.42. The molecule has 1 aromatic heterocycles. The smallest absolute Gasteiger partial charge is 0.287 e. The Morgan fingerprint density at radius 3 is 2.62 bits per heavy atom. The molecular weight excluding hydrogens is 421 g/mol. The fourth-order valence-corrected chi connectivity index (χ4v) is 3.58. The van der Waals surface area contributed by atoms with Crippen molar-refractivity contribution in [2.45, 2.75) is 17.2 Å². The van der Waals surface area contributed by atoms with Crippen molar-refractivity contribution in [3.05, 3.63) is 88.0 Å². The first kappa shape index (κ1) is 18.5. The summed E-state index contributed by atoms with van der Waals surface area (Å²) < 4.78 is 31.9. The summed E-state index contributed by atoms with van der Waals surface area (Å²) in [5.74, 6) is 0.00693. The van der Waals surface area contributed by atoms with Gasteiger partial charge in [-0.15, -0.1) is 0 Å². The van der Waals surface area contributed by atoms with E-state index in [9.17, 15) is 13.4 Å². The van der Waals surface area contributed by atoms with E-state index in [1.54, 1.807) is 30.3 Å². The number of carbonyl (C=O) groups is 1. The minimum atomic E-state index is -1.27. The molecule has 0 saturated carbocycles. The van der Waals surface area contributed by atoms with Gasteiger partial charge in [-0.25, -0.2) is 4.39 Å². The predicted molar refractivity (Wildman–Crippen MR) is 101 cm³/mol. The van der Waals surface area contributed by atoms with Gasteiger partial charge in [0.1, 0.15) is 11.6 Å². The summed E-state index contributed by atoms with van der Waals surface area (Å²) in [5, 5.41) is 2.67. The van der Waals surface area contributed by atoms with Gasteiger partial charge < -0.3 is 9.73 Å². The lowest BCUT2D eigenvalue weighted by atomic mass is 10.2. The molecule has 26 heavy (non-hydrogen) atoms. The molecule has 0 radical (unpaired) electrons. The molecular formula is C19H15BrFNO3S. The van der Waals surface area contributed by atoms with Crippen LogP contribution in [-0.2, 0) is 23.1 Å². The van der Waals surface area contributed by atoms with Crippen LogP contribution in [0, 0.1) is 5.82 Å². The fraction of sp³-hybridized carbons (Fsp3) is 0.105. The largest absolute Gasteiger partial charge is 0.455 e. The zero-order chi connectivity index (χ0) is 18.5. The van der Waals surface area contributed by atoms with E-state index in [0.717, 1.165) is 4.47 Å². The topological polar surface area (TPSA) is 59.3 Å². The summed E-state index contributed by atoms with van der Waals surface area (Å²) in [6, 6.07) is 16.4. The van der Waals surface area contributed by atoms with Crippen molar-refractivity contribution in [3.8, 4) is 0 Å². The minimum Gasteiger partial charge on any atom is -0.455 e. The summed E-state index contributed by atoms with van der Waals surface area (Å²) in [5.41, 5.74) is 0.654. The molecule has 0 spiro atoms. The van der Waals surface area contributed by atoms with Gasteiger partial charge in [-0.2, -0.15) is 0 Å². The molecule has 1 amide bonds. The van der Waals surface area contributed by atoms with Crippen molar-refractivity contribution in [1.82, 2.24) is 5.32 Å². The maximum atomic E-state index is 13.1. The Hall–Kier alpha value is -2.25. The van der Waals surface area contributed by atoms with Crippen LogP contribution in [0.2, 0.25) is 0 Å². The van der Waals surface area contributed by atoms with Crippen LogP contribution in [-0.4, -0.2) is 10.1 Å². The first-order valence-electron chi connectivity index (χ1n) is 7.76. The molecule has 3 rings (SSSR count). The summed E-state index contributed by atoms with van der Waals surface area (Å²) in [4.78, 5) is 12.8. The third-order valence-electron chi connectivity index (χ3n) is 3.58. The van der Waals surface area contributed by atoms with Gasteiger partial charge in [0, 0.05) is 15.9 Å². The van der Waals surface area contributed by atoms with Crippen LogP contribution in [0.15, 0.2) is 74.4 Å². The van der Waals surface area contributed by atoms with Crippen molar-refractivity contribution >= 4 is 32.6 Å². The minimum absolute atomic E-state index is 0.129. The predicted octanol–water partition coefficient (Wildman–Crippen LogP) is 4.42. The molecule has 0 saturated heterocycles. The average molecular weight is 436 g/mol. The standard InChI is InChI=1S/C19H15BrFNO3S/c20-14-4-7-17(8-5-14)26(24)12-16-6-9-18(25-16)19(23)22-11-13-2-1-3-15(21)10-13/h1-10H,11-12H2,(H,22,23). The summed E-state index contributed by atoms with van der Waals surface area (Å²) in [6.45, 7) is 0.192. The molecule has 0 aliphatic heterocycles. The first-order chi connectivity index (χ1) is 12.5. The number of hydrogen-bond acceptors (Lipinski definition) is 3. The van der Waals surface area contributed by atoms with Crippen molar-refractivity contribution in [2.75, 3.05) is 0 Å². The van der Waals surface area contributed by atoms with Gasteiger partial charge in [0.15, 0.2) is 5.76 Å². The van der Waals surface area contributed by atoms with Crippen LogP contribution in [0.5, 0.6) is 0 Å². The van der Waals surface area contributed by atoms with Crippen molar-refractivity contribution in [3.63, 3.8) is 0 Å². The van der Waals surface area contributed by atoms with Crippen LogP contribution in [0.3, 0.4) is 0 Å². The molecule has 1 heterocycles. The number of benzene rings is 2. The van der Waals surface area contributed by atoms with E-state index in [1.807, 2.05) is 12.1 Å². The molecule has 134 valence electrons. The highest BCUT2D eigenvalue weighted by molar-refractivity contribution is 9.10. The van der Waals surface area contributed by atoms with Crippen molar-refractivity contribution < 1.29 is 17.8 Å². The average Bonchev–Trinajstić information content (AvgIpc) is 3.09. The normalized spacial score (nSPS) is 11.9. The van der Waals surface area contributed by atoms with Gasteiger partial charge in [-0.05, 0) is 54.1 Å². The lowest BCUT2D eigenvalue weighted by molar-refractivity contribution is 0.0921. The van der Waals surface area contributed by atoms with Crippen LogP contribution in [0.1, 0.15) is 21.9 Å². The molecule has 4 nitrogen and oxygen atoms in total. The number of rotatable bonds is 6. The third kappa shape index (κ3) is 4.89. The van der Waals surface area contributed by atoms with Crippen LogP contribution < -0.4 is 5.32 Å². The maximum Gasteiger partial charge on any atom is 0.287 e. The SMILES string of the molecule is O=C(NCc1cccc(F)c1)c1ccc(CS(=O)c2ccc(Br)cc2)o1. The number of halogens is 2. The molecule has 0 bridgehead atoms. The monoisotopic (exact) mass is 435 g/mol. The number of carbonyl (C=O) groups excluding carboxylic acids is 1. The second-order valence-corrected chi connectivity index (χ2v) is 7.89. The van der Waals surface area contributed by atoms with E-state index in [2.05, 4.69) is 21.2 Å². The molecule has 2 aromatic carbocycles. The Balaban J connectivity index is 1.59. The highest BCUT2D eigenvalue weighted by atomic mass is 79.9. The van der Waals surface area contributed by atoms with Gasteiger partial charge in [0.05, 0.1) is 16.6 Å². The zero-order valence-electron chi connectivity index (χ0n) is 13.6. The van der Waals surface area contributed by atoms with E-state index in [4.69, 9.17) is 4.42 Å². The van der Waals surface area contributed by atoms with Crippen molar-refractivity contribution in [1.29, 1.82) is 0 Å². The summed E-state index contributed by atoms with van der Waals surface area (Å²) >= 11 is 3.33. The molecule has 3 aromatic rings. The summed E-state index contributed by atoms with van der Waals surface area (Å²) in [7, 11) is -1.27. The second-order valence-electron chi connectivity index (χ2n) is 5.52. The Morgan fingerprint density at radius 1 is 1.12 bits per heavy atom. The van der Waals surface area contributed by atoms with E-state index in [0.29, 0.717) is 16.2 Å². The van der Waals surface area contributed by atoms with E-state index < -0.39 is 16.7 Å². The molecule has 1 atom stereocenters. The molecule has 1 unspecified atom stereocenters. The van der Waals surface area contributed by atoms with E-state index in [1.165, 1.54) is 18.2 Å². The van der Waals surface area contributed by atoms with Gasteiger partial charge >= 0.3 is 0 Å². The van der Waals surface area contributed by atoms with Gasteiger partial charge in [0.25, 0.3) is 5.91 Å². The van der Waals surface area contributed by atoms with E-state index >= 15 is 0 Å². The van der Waals surface area contributed by atoms with Crippen LogP contribution in [0.25, 0.3) is 0 Å². The highest BCUT2D eigenvalue weighted by Gasteiger charge is 2.13. The Labute approximate surface area is 161 Å². The first-order valence-corrected chi connectivity index (χ1v) is 9.88. The lowest BCUT2D eigenvalue weighted by Crippen LogP contribution is -2.22. The van der Waals surface area contributed by atoms with Gasteiger partial charge in [-0.3, -0.25) is 9.00 Å². The third-order valence-corrected chi connectivity index (χ3v) is 5.45. The van der Waals surface area contributed by atoms with Gasteiger partial charge in [-0.1, -0.05) is 28.1 Å². The number of nitrogens with one attached hydrogen (secondary N) is 1. The Kier molecular flexibility index (Phi) is 6.00. The quantitative estimate of drug-likeness (QED) is 0.623. The zero-order valence-corrected chi connectivity index (χ0v) is 16.0. The van der Waals surface area contributed by atoms with Gasteiger partial charge in [0.2, 0.25) is 0 Å². The van der Waals surface area contributed by atoms with Crippen LogP contribution >= 0.6 is 15.9 Å². The molecule has 7 heteroatoms.